The highest BCUT2D eigenvalue weighted by Crippen LogP contribution is 2.32. The molecule has 90 valence electrons. The summed E-state index contributed by atoms with van der Waals surface area (Å²) in [6.45, 7) is -0.00244. The maximum Gasteiger partial charge on any atom is 0.0642 e. The standard InChI is InChI=1S/C14H16O3/c15-9-10-5-6-11-3-1-2-4-13(11)12(7-10)8-14(16)17/h1-5,12,15H,6-9H2,(H,16,17)/p-1. The number of carbonyl (C=O) groups excluding carboxylic acids is 1. The van der Waals surface area contributed by atoms with Crippen molar-refractivity contribution in [3.63, 3.8) is 0 Å². The topological polar surface area (TPSA) is 60.4 Å². The van der Waals surface area contributed by atoms with Crippen molar-refractivity contribution in [1.82, 2.24) is 0 Å². The van der Waals surface area contributed by atoms with Gasteiger partial charge in [0.1, 0.15) is 0 Å². The summed E-state index contributed by atoms with van der Waals surface area (Å²) >= 11 is 0. The monoisotopic (exact) mass is 231 g/mol. The Morgan fingerprint density at radius 1 is 1.41 bits per heavy atom. The van der Waals surface area contributed by atoms with Crippen LogP contribution in [0.1, 0.15) is 29.9 Å². The lowest BCUT2D eigenvalue weighted by Gasteiger charge is -2.19. The molecule has 0 saturated carbocycles. The minimum atomic E-state index is -1.04. The zero-order chi connectivity index (χ0) is 12.3. The number of carboxylic acid groups (broad SMARTS) is 1. The van der Waals surface area contributed by atoms with E-state index in [4.69, 9.17) is 0 Å². The van der Waals surface area contributed by atoms with Gasteiger partial charge in [-0.1, -0.05) is 30.3 Å². The second-order valence-corrected chi connectivity index (χ2v) is 4.40. The first kappa shape index (κ1) is 11.9. The van der Waals surface area contributed by atoms with E-state index in [1.807, 2.05) is 30.3 Å². The number of benzene rings is 1. The molecule has 3 nitrogen and oxygen atoms in total. The second kappa shape index (κ2) is 5.15. The molecule has 0 spiro atoms. The fourth-order valence-corrected chi connectivity index (χ4v) is 2.39. The first-order valence-corrected chi connectivity index (χ1v) is 5.77. The van der Waals surface area contributed by atoms with Crippen molar-refractivity contribution in [2.24, 2.45) is 0 Å². The van der Waals surface area contributed by atoms with Crippen LogP contribution in [0.3, 0.4) is 0 Å². The van der Waals surface area contributed by atoms with Crippen molar-refractivity contribution >= 4 is 5.97 Å². The van der Waals surface area contributed by atoms with Crippen LogP contribution in [0.15, 0.2) is 35.9 Å². The molecule has 2 rings (SSSR count). The van der Waals surface area contributed by atoms with Gasteiger partial charge in [0, 0.05) is 5.97 Å². The van der Waals surface area contributed by atoms with Crippen LogP contribution >= 0.6 is 0 Å². The lowest BCUT2D eigenvalue weighted by molar-refractivity contribution is -0.306. The van der Waals surface area contributed by atoms with Crippen molar-refractivity contribution in [2.75, 3.05) is 6.61 Å². The summed E-state index contributed by atoms with van der Waals surface area (Å²) in [5, 5.41) is 20.0. The normalized spacial score (nSPS) is 19.1. The highest BCUT2D eigenvalue weighted by molar-refractivity contribution is 5.66. The van der Waals surface area contributed by atoms with Gasteiger partial charge >= 0.3 is 0 Å². The number of carboxylic acids is 1. The molecule has 0 fully saturated rings. The number of hydrogen-bond acceptors (Lipinski definition) is 3. The van der Waals surface area contributed by atoms with Crippen LogP contribution in [0.5, 0.6) is 0 Å². The van der Waals surface area contributed by atoms with Gasteiger partial charge in [0.25, 0.3) is 0 Å². The van der Waals surface area contributed by atoms with Crippen molar-refractivity contribution in [1.29, 1.82) is 0 Å². The van der Waals surface area contributed by atoms with Crippen LogP contribution < -0.4 is 5.11 Å². The van der Waals surface area contributed by atoms with Crippen LogP contribution in [0.25, 0.3) is 0 Å². The molecule has 1 N–H and O–H groups in total. The first-order valence-electron chi connectivity index (χ1n) is 5.77. The van der Waals surface area contributed by atoms with Crippen molar-refractivity contribution in [3.05, 3.63) is 47.0 Å². The molecule has 0 bridgehead atoms. The fraction of sp³-hybridized carbons (Fsp3) is 0.357. The zero-order valence-electron chi connectivity index (χ0n) is 9.56. The van der Waals surface area contributed by atoms with Gasteiger partial charge in [0.15, 0.2) is 0 Å². The van der Waals surface area contributed by atoms with Gasteiger partial charge in [-0.15, -0.1) is 0 Å². The number of hydrogen-bond donors (Lipinski definition) is 1. The summed E-state index contributed by atoms with van der Waals surface area (Å²) in [6, 6.07) is 7.85. The number of allylic oxidation sites excluding steroid dienone is 1. The summed E-state index contributed by atoms with van der Waals surface area (Å²) in [5.41, 5.74) is 3.12. The Hall–Kier alpha value is -1.61. The Bertz CT molecular complexity index is 449. The van der Waals surface area contributed by atoms with Gasteiger partial charge in [-0.25, -0.2) is 0 Å². The van der Waals surface area contributed by atoms with Crippen molar-refractivity contribution in [3.8, 4) is 0 Å². The van der Waals surface area contributed by atoms with Gasteiger partial charge in [-0.3, -0.25) is 0 Å². The number of aliphatic carboxylic acids is 1. The number of carbonyl (C=O) groups is 1. The van der Waals surface area contributed by atoms with Crippen LogP contribution in [0.4, 0.5) is 0 Å². The van der Waals surface area contributed by atoms with E-state index >= 15 is 0 Å². The smallest absolute Gasteiger partial charge is 0.0642 e. The van der Waals surface area contributed by atoms with Gasteiger partial charge < -0.3 is 15.0 Å². The summed E-state index contributed by atoms with van der Waals surface area (Å²) in [6.07, 6.45) is 3.36. The maximum atomic E-state index is 10.8. The predicted molar refractivity (Wildman–Crippen MR) is 62.3 cm³/mol. The number of aliphatic hydroxyl groups is 1. The SMILES string of the molecule is O=C([O-])CC1CC(CO)=CCc2ccccc21. The first-order chi connectivity index (χ1) is 8.20. The summed E-state index contributed by atoms with van der Waals surface area (Å²) in [4.78, 5) is 10.8. The Morgan fingerprint density at radius 3 is 2.88 bits per heavy atom. The minimum absolute atomic E-state index is 0.00244. The van der Waals surface area contributed by atoms with Crippen LogP contribution in [0, 0.1) is 0 Å². The number of rotatable bonds is 3. The minimum Gasteiger partial charge on any atom is -0.550 e. The van der Waals surface area contributed by atoms with E-state index in [0.29, 0.717) is 6.42 Å². The highest BCUT2D eigenvalue weighted by atomic mass is 16.4. The molecule has 3 heteroatoms. The molecule has 1 atom stereocenters. The van der Waals surface area contributed by atoms with Crippen LogP contribution in [0.2, 0.25) is 0 Å². The summed E-state index contributed by atoms with van der Waals surface area (Å²) in [5.74, 6) is -1.12. The predicted octanol–water partition coefficient (Wildman–Crippen LogP) is 0.775. The molecule has 1 aliphatic carbocycles. The van der Waals surface area contributed by atoms with Crippen molar-refractivity contribution < 1.29 is 15.0 Å². The number of aliphatic hydroxyl groups excluding tert-OH is 1. The average molecular weight is 231 g/mol. The molecule has 0 aliphatic heterocycles. The fourth-order valence-electron chi connectivity index (χ4n) is 2.39. The molecule has 1 aromatic rings. The Kier molecular flexibility index (Phi) is 3.59. The van der Waals surface area contributed by atoms with Gasteiger partial charge in [-0.2, -0.15) is 0 Å². The molecule has 0 radical (unpaired) electrons. The largest absolute Gasteiger partial charge is 0.550 e. The lowest BCUT2D eigenvalue weighted by Crippen LogP contribution is -2.25. The van der Waals surface area contributed by atoms with E-state index in [9.17, 15) is 15.0 Å². The lowest BCUT2D eigenvalue weighted by atomic mass is 9.88. The maximum absolute atomic E-state index is 10.8. The summed E-state index contributed by atoms with van der Waals surface area (Å²) < 4.78 is 0. The van der Waals surface area contributed by atoms with E-state index in [1.54, 1.807) is 0 Å². The molecule has 17 heavy (non-hydrogen) atoms. The van der Waals surface area contributed by atoms with E-state index in [0.717, 1.165) is 23.1 Å². The van der Waals surface area contributed by atoms with Crippen molar-refractivity contribution in [2.45, 2.75) is 25.2 Å². The molecular formula is C14H15O3-. The van der Waals surface area contributed by atoms with Gasteiger partial charge in [0.2, 0.25) is 0 Å². The molecule has 0 amide bonds. The molecule has 1 unspecified atom stereocenters. The Morgan fingerprint density at radius 2 is 2.18 bits per heavy atom. The van der Waals surface area contributed by atoms with E-state index in [-0.39, 0.29) is 18.9 Å². The van der Waals surface area contributed by atoms with E-state index in [1.165, 1.54) is 0 Å². The molecule has 1 aliphatic rings. The van der Waals surface area contributed by atoms with E-state index < -0.39 is 5.97 Å². The Labute approximate surface area is 100 Å². The third-order valence-corrected chi connectivity index (χ3v) is 3.23. The van der Waals surface area contributed by atoms with Crippen LogP contribution in [-0.4, -0.2) is 17.7 Å². The second-order valence-electron chi connectivity index (χ2n) is 4.40. The molecule has 0 heterocycles. The molecule has 1 aromatic carbocycles. The van der Waals surface area contributed by atoms with Gasteiger partial charge in [-0.05, 0) is 41.9 Å². The van der Waals surface area contributed by atoms with Gasteiger partial charge in [0.05, 0.1) is 6.61 Å². The van der Waals surface area contributed by atoms with Crippen LogP contribution in [-0.2, 0) is 11.2 Å². The highest BCUT2D eigenvalue weighted by Gasteiger charge is 2.19. The quantitative estimate of drug-likeness (QED) is 0.782. The molecule has 0 saturated heterocycles. The Balaban J connectivity index is 2.34. The third kappa shape index (κ3) is 2.74. The molecular weight excluding hydrogens is 216 g/mol. The van der Waals surface area contributed by atoms with E-state index in [2.05, 4.69) is 0 Å². The third-order valence-electron chi connectivity index (χ3n) is 3.23. The summed E-state index contributed by atoms with van der Waals surface area (Å²) in [7, 11) is 0. The zero-order valence-corrected chi connectivity index (χ0v) is 9.56. The molecule has 0 aromatic heterocycles. The number of fused-ring (bicyclic) bond motifs is 1. The average Bonchev–Trinajstić information content (AvgIpc) is 2.49.